The highest BCUT2D eigenvalue weighted by Gasteiger charge is 2.02. The van der Waals surface area contributed by atoms with Crippen LogP contribution in [0.1, 0.15) is 27.2 Å². The molecule has 1 atom stereocenters. The lowest BCUT2D eigenvalue weighted by Crippen LogP contribution is -2.00. The average molecular weight is 225 g/mol. The Balaban J connectivity index is 3.10. The van der Waals surface area contributed by atoms with Crippen molar-refractivity contribution in [1.82, 2.24) is 0 Å². The van der Waals surface area contributed by atoms with Crippen molar-refractivity contribution in [1.29, 1.82) is 0 Å². The predicted octanol–water partition coefficient (Wildman–Crippen LogP) is 3.06. The van der Waals surface area contributed by atoms with Gasteiger partial charge >= 0.3 is 0 Å². The summed E-state index contributed by atoms with van der Waals surface area (Å²) in [6.45, 7) is 6.64. The first-order chi connectivity index (χ1) is 3.66. The zero-order chi connectivity index (χ0) is 6.57. The Morgan fingerprint density at radius 2 is 2.00 bits per heavy atom. The van der Waals surface area contributed by atoms with Crippen molar-refractivity contribution in [3.8, 4) is 0 Å². The molecule has 0 saturated carbocycles. The van der Waals surface area contributed by atoms with Crippen molar-refractivity contribution in [3.05, 3.63) is 6.42 Å². The second-order valence-electron chi connectivity index (χ2n) is 2.48. The molecule has 0 fully saturated rings. The molecule has 0 aromatic carbocycles. The summed E-state index contributed by atoms with van der Waals surface area (Å²) in [7, 11) is 0. The van der Waals surface area contributed by atoms with Crippen molar-refractivity contribution in [2.24, 2.45) is 5.92 Å². The minimum Gasteiger partial charge on any atom is -0.0823 e. The Morgan fingerprint density at radius 1 is 1.50 bits per heavy atom. The summed E-state index contributed by atoms with van der Waals surface area (Å²) in [5.41, 5.74) is 0. The summed E-state index contributed by atoms with van der Waals surface area (Å²) < 4.78 is 0.771. The zero-order valence-corrected chi connectivity index (χ0v) is 7.97. The van der Waals surface area contributed by atoms with E-state index in [1.165, 1.54) is 6.42 Å². The first-order valence-electron chi connectivity index (χ1n) is 3.10. The van der Waals surface area contributed by atoms with E-state index in [4.69, 9.17) is 0 Å². The standard InChI is InChI=1S/C7H14I/c1-4-7(8)5-6(2)3/h4,6-7H,5H2,1-3H3. The van der Waals surface area contributed by atoms with E-state index in [1.54, 1.807) is 0 Å². The lowest BCUT2D eigenvalue weighted by atomic mass is 10.1. The number of hydrogen-bond donors (Lipinski definition) is 0. The molecule has 0 aliphatic rings. The zero-order valence-electron chi connectivity index (χ0n) is 5.82. The SMILES string of the molecule is C[CH]C(I)CC(C)C. The van der Waals surface area contributed by atoms with Gasteiger partial charge in [0.2, 0.25) is 0 Å². The van der Waals surface area contributed by atoms with Crippen LogP contribution in [0.4, 0.5) is 0 Å². The second kappa shape index (κ2) is 4.59. The van der Waals surface area contributed by atoms with E-state index in [2.05, 4.69) is 49.8 Å². The minimum atomic E-state index is 0.771. The molecule has 0 aliphatic carbocycles. The Kier molecular flexibility index (Phi) is 5.01. The van der Waals surface area contributed by atoms with Crippen LogP contribution in [0.15, 0.2) is 0 Å². The number of hydrogen-bond acceptors (Lipinski definition) is 0. The van der Waals surface area contributed by atoms with Crippen LogP contribution < -0.4 is 0 Å². The van der Waals surface area contributed by atoms with Gasteiger partial charge < -0.3 is 0 Å². The molecule has 0 aromatic heterocycles. The highest BCUT2D eigenvalue weighted by molar-refractivity contribution is 14.1. The van der Waals surface area contributed by atoms with Gasteiger partial charge in [-0.2, -0.15) is 0 Å². The van der Waals surface area contributed by atoms with Crippen LogP contribution in [0.2, 0.25) is 0 Å². The van der Waals surface area contributed by atoms with E-state index in [1.807, 2.05) is 0 Å². The molecule has 0 spiro atoms. The molecule has 0 saturated heterocycles. The van der Waals surface area contributed by atoms with Gasteiger partial charge in [0.25, 0.3) is 0 Å². The summed E-state index contributed by atoms with van der Waals surface area (Å²) in [5, 5.41) is 0. The third-order valence-corrected chi connectivity index (χ3v) is 2.29. The Labute approximate surface area is 66.2 Å². The van der Waals surface area contributed by atoms with E-state index in [-0.39, 0.29) is 0 Å². The molecule has 0 aromatic rings. The number of halogens is 1. The molecular formula is C7H14I. The lowest BCUT2D eigenvalue weighted by Gasteiger charge is -2.07. The highest BCUT2D eigenvalue weighted by atomic mass is 127. The molecule has 0 amide bonds. The second-order valence-corrected chi connectivity index (χ2v) is 4.08. The molecule has 0 rings (SSSR count). The highest BCUT2D eigenvalue weighted by Crippen LogP contribution is 2.14. The van der Waals surface area contributed by atoms with Crippen LogP contribution in [-0.2, 0) is 0 Å². The summed E-state index contributed by atoms with van der Waals surface area (Å²) >= 11 is 2.47. The Hall–Kier alpha value is 0.730. The monoisotopic (exact) mass is 225 g/mol. The molecular weight excluding hydrogens is 211 g/mol. The topological polar surface area (TPSA) is 0 Å². The van der Waals surface area contributed by atoms with Crippen LogP contribution in [0.25, 0.3) is 0 Å². The number of rotatable bonds is 3. The molecule has 0 aliphatic heterocycles. The van der Waals surface area contributed by atoms with Gasteiger partial charge in [-0.25, -0.2) is 0 Å². The number of alkyl halides is 1. The van der Waals surface area contributed by atoms with Crippen LogP contribution in [0.5, 0.6) is 0 Å². The maximum atomic E-state index is 2.47. The maximum Gasteiger partial charge on any atom is 0.0141 e. The van der Waals surface area contributed by atoms with Crippen molar-refractivity contribution >= 4 is 22.6 Å². The van der Waals surface area contributed by atoms with E-state index >= 15 is 0 Å². The summed E-state index contributed by atoms with van der Waals surface area (Å²) in [6, 6.07) is 0. The van der Waals surface area contributed by atoms with E-state index in [0.29, 0.717) is 0 Å². The molecule has 0 heterocycles. The third-order valence-electron chi connectivity index (χ3n) is 1.06. The smallest absolute Gasteiger partial charge is 0.0141 e. The molecule has 1 unspecified atom stereocenters. The lowest BCUT2D eigenvalue weighted by molar-refractivity contribution is 0.599. The van der Waals surface area contributed by atoms with Gasteiger partial charge in [0.1, 0.15) is 0 Å². The van der Waals surface area contributed by atoms with Crippen molar-refractivity contribution in [3.63, 3.8) is 0 Å². The van der Waals surface area contributed by atoms with Crippen molar-refractivity contribution < 1.29 is 0 Å². The normalized spacial score (nSPS) is 14.6. The van der Waals surface area contributed by atoms with Crippen molar-refractivity contribution in [2.45, 2.75) is 31.1 Å². The fraction of sp³-hybridized carbons (Fsp3) is 0.857. The molecule has 0 N–H and O–H groups in total. The Morgan fingerprint density at radius 3 is 2.12 bits per heavy atom. The summed E-state index contributed by atoms with van der Waals surface area (Å²) in [5.74, 6) is 0.841. The van der Waals surface area contributed by atoms with Crippen LogP contribution in [0.3, 0.4) is 0 Å². The molecule has 0 nitrogen and oxygen atoms in total. The fourth-order valence-corrected chi connectivity index (χ4v) is 1.60. The molecule has 8 heavy (non-hydrogen) atoms. The Bertz CT molecular complexity index is 50.3. The third kappa shape index (κ3) is 4.88. The largest absolute Gasteiger partial charge is 0.0823 e. The predicted molar refractivity (Wildman–Crippen MR) is 47.2 cm³/mol. The van der Waals surface area contributed by atoms with Gasteiger partial charge in [-0.05, 0) is 18.8 Å². The molecule has 0 bridgehead atoms. The van der Waals surface area contributed by atoms with Gasteiger partial charge in [-0.1, -0.05) is 43.4 Å². The van der Waals surface area contributed by atoms with Crippen LogP contribution in [0, 0.1) is 12.3 Å². The molecule has 49 valence electrons. The molecule has 1 radical (unpaired) electrons. The minimum absolute atomic E-state index is 0.771. The van der Waals surface area contributed by atoms with Crippen LogP contribution in [-0.4, -0.2) is 3.92 Å². The van der Waals surface area contributed by atoms with E-state index in [9.17, 15) is 0 Å². The fourth-order valence-electron chi connectivity index (χ4n) is 0.586. The van der Waals surface area contributed by atoms with Gasteiger partial charge in [0, 0.05) is 3.92 Å². The van der Waals surface area contributed by atoms with Gasteiger partial charge in [-0.3, -0.25) is 0 Å². The van der Waals surface area contributed by atoms with Gasteiger partial charge in [0.15, 0.2) is 0 Å². The van der Waals surface area contributed by atoms with Gasteiger partial charge in [-0.15, -0.1) is 0 Å². The van der Waals surface area contributed by atoms with E-state index < -0.39 is 0 Å². The summed E-state index contributed by atoms with van der Waals surface area (Å²) in [6.07, 6.45) is 3.57. The summed E-state index contributed by atoms with van der Waals surface area (Å²) in [4.78, 5) is 0. The van der Waals surface area contributed by atoms with Crippen molar-refractivity contribution in [2.75, 3.05) is 0 Å². The first-order valence-corrected chi connectivity index (χ1v) is 4.35. The van der Waals surface area contributed by atoms with Gasteiger partial charge in [0.05, 0.1) is 0 Å². The van der Waals surface area contributed by atoms with E-state index in [0.717, 1.165) is 9.84 Å². The maximum absolute atomic E-state index is 2.47. The average Bonchev–Trinajstić information content (AvgIpc) is 1.65. The van der Waals surface area contributed by atoms with Crippen LogP contribution >= 0.6 is 22.6 Å². The molecule has 1 heteroatoms. The first kappa shape index (κ1) is 8.73. The quantitative estimate of drug-likeness (QED) is 0.511.